The second kappa shape index (κ2) is 3.36. The van der Waals surface area contributed by atoms with Crippen LogP contribution in [0.15, 0.2) is 18.3 Å². The molecule has 74 valence electrons. The molecule has 0 atom stereocenters. The van der Waals surface area contributed by atoms with Gasteiger partial charge in [0.2, 0.25) is 5.91 Å². The smallest absolute Gasteiger partial charge is 0.225 e. The van der Waals surface area contributed by atoms with Crippen LogP contribution >= 0.6 is 0 Å². The van der Waals surface area contributed by atoms with Crippen LogP contribution in [0.5, 0.6) is 0 Å². The summed E-state index contributed by atoms with van der Waals surface area (Å²) in [5.41, 5.74) is 0. The molecule has 14 heavy (non-hydrogen) atoms. The quantitative estimate of drug-likeness (QED) is 0.718. The molecule has 1 fully saturated rings. The molecular weight excluding hydrogens is 183 g/mol. The van der Waals surface area contributed by atoms with Crippen molar-refractivity contribution >= 4 is 11.7 Å². The van der Waals surface area contributed by atoms with Gasteiger partial charge in [-0.25, -0.2) is 9.37 Å². The van der Waals surface area contributed by atoms with E-state index in [1.165, 1.54) is 19.1 Å². The lowest BCUT2D eigenvalue weighted by Gasteiger charge is -2.18. The number of halogens is 1. The topological polar surface area (TPSA) is 33.2 Å². The number of pyridine rings is 1. The van der Waals surface area contributed by atoms with Gasteiger partial charge in [-0.15, -0.1) is 0 Å². The van der Waals surface area contributed by atoms with Gasteiger partial charge in [0.05, 0.1) is 6.20 Å². The Morgan fingerprint density at radius 3 is 2.71 bits per heavy atom. The van der Waals surface area contributed by atoms with E-state index in [0.29, 0.717) is 5.82 Å². The van der Waals surface area contributed by atoms with Gasteiger partial charge in [-0.3, -0.25) is 9.69 Å². The van der Waals surface area contributed by atoms with Gasteiger partial charge in [-0.1, -0.05) is 0 Å². The molecular formula is C10H11FN2O. The fourth-order valence-corrected chi connectivity index (χ4v) is 1.45. The Bertz CT molecular complexity index is 346. The standard InChI is InChI=1S/C10H11FN2O/c1-7(14)13(9-3-4-9)10-5-2-8(11)6-12-10/h2,5-6,9H,3-4H2,1H3. The Morgan fingerprint density at radius 2 is 2.29 bits per heavy atom. The average Bonchev–Trinajstić information content (AvgIpc) is 2.92. The summed E-state index contributed by atoms with van der Waals surface area (Å²) in [7, 11) is 0. The van der Waals surface area contributed by atoms with Crippen molar-refractivity contribution < 1.29 is 9.18 Å². The second-order valence-electron chi connectivity index (χ2n) is 3.45. The van der Waals surface area contributed by atoms with Gasteiger partial charge in [0.25, 0.3) is 0 Å². The second-order valence-corrected chi connectivity index (χ2v) is 3.45. The van der Waals surface area contributed by atoms with Gasteiger partial charge in [0.15, 0.2) is 0 Å². The van der Waals surface area contributed by atoms with Crippen molar-refractivity contribution in [3.8, 4) is 0 Å². The van der Waals surface area contributed by atoms with Gasteiger partial charge in [-0.2, -0.15) is 0 Å². The van der Waals surface area contributed by atoms with Gasteiger partial charge >= 0.3 is 0 Å². The number of nitrogens with zero attached hydrogens (tertiary/aromatic N) is 2. The Morgan fingerprint density at radius 1 is 1.57 bits per heavy atom. The van der Waals surface area contributed by atoms with Crippen LogP contribution < -0.4 is 4.90 Å². The normalized spacial score (nSPS) is 15.3. The number of carbonyl (C=O) groups is 1. The highest BCUT2D eigenvalue weighted by molar-refractivity contribution is 5.91. The van der Waals surface area contributed by atoms with E-state index in [0.717, 1.165) is 19.0 Å². The van der Waals surface area contributed by atoms with Crippen LogP contribution in [0.3, 0.4) is 0 Å². The Labute approximate surface area is 81.6 Å². The minimum Gasteiger partial charge on any atom is -0.294 e. The van der Waals surface area contributed by atoms with E-state index in [-0.39, 0.29) is 17.8 Å². The zero-order valence-electron chi connectivity index (χ0n) is 7.90. The van der Waals surface area contributed by atoms with Crippen molar-refractivity contribution in [3.05, 3.63) is 24.1 Å². The molecule has 0 unspecified atom stereocenters. The molecule has 0 spiro atoms. The summed E-state index contributed by atoms with van der Waals surface area (Å²) in [6.07, 6.45) is 3.16. The molecule has 0 aromatic carbocycles. The number of hydrogen-bond acceptors (Lipinski definition) is 2. The van der Waals surface area contributed by atoms with E-state index < -0.39 is 0 Å². The van der Waals surface area contributed by atoms with E-state index in [2.05, 4.69) is 4.98 Å². The summed E-state index contributed by atoms with van der Waals surface area (Å²) in [6.45, 7) is 1.50. The number of rotatable bonds is 2. The van der Waals surface area contributed by atoms with Gasteiger partial charge in [0.1, 0.15) is 11.6 Å². The van der Waals surface area contributed by atoms with Gasteiger partial charge in [-0.05, 0) is 25.0 Å². The highest BCUT2D eigenvalue weighted by Crippen LogP contribution is 2.30. The van der Waals surface area contributed by atoms with Crippen LogP contribution in [0.2, 0.25) is 0 Å². The van der Waals surface area contributed by atoms with Crippen molar-refractivity contribution in [3.63, 3.8) is 0 Å². The Kier molecular flexibility index (Phi) is 2.19. The number of anilines is 1. The van der Waals surface area contributed by atoms with Crippen molar-refractivity contribution in [2.45, 2.75) is 25.8 Å². The largest absolute Gasteiger partial charge is 0.294 e. The molecule has 1 aliphatic rings. The summed E-state index contributed by atoms with van der Waals surface area (Å²) in [4.78, 5) is 16.8. The predicted octanol–water partition coefficient (Wildman–Crippen LogP) is 1.74. The summed E-state index contributed by atoms with van der Waals surface area (Å²) in [6, 6.07) is 3.13. The fourth-order valence-electron chi connectivity index (χ4n) is 1.45. The zero-order valence-corrected chi connectivity index (χ0v) is 7.90. The molecule has 0 radical (unpaired) electrons. The SMILES string of the molecule is CC(=O)N(c1ccc(F)cn1)C1CC1. The third-order valence-electron chi connectivity index (χ3n) is 2.21. The lowest BCUT2D eigenvalue weighted by molar-refractivity contribution is -0.116. The molecule has 1 heterocycles. The summed E-state index contributed by atoms with van der Waals surface area (Å²) in [5.74, 6) is 0.126. The van der Waals surface area contributed by atoms with E-state index >= 15 is 0 Å². The van der Waals surface area contributed by atoms with Crippen molar-refractivity contribution in [2.75, 3.05) is 4.90 Å². The lowest BCUT2D eigenvalue weighted by Crippen LogP contribution is -2.31. The molecule has 0 bridgehead atoms. The molecule has 2 rings (SSSR count). The maximum atomic E-state index is 12.6. The highest BCUT2D eigenvalue weighted by atomic mass is 19.1. The van der Waals surface area contributed by atoms with Crippen LogP contribution in [-0.4, -0.2) is 16.9 Å². The molecule has 0 saturated heterocycles. The predicted molar refractivity (Wildman–Crippen MR) is 50.4 cm³/mol. The maximum absolute atomic E-state index is 12.6. The number of aromatic nitrogens is 1. The van der Waals surface area contributed by atoms with Crippen LogP contribution in [-0.2, 0) is 4.79 Å². The number of carbonyl (C=O) groups excluding carboxylic acids is 1. The van der Waals surface area contributed by atoms with Crippen LogP contribution in [0, 0.1) is 5.82 Å². The third kappa shape index (κ3) is 1.73. The minimum absolute atomic E-state index is 0.0355. The minimum atomic E-state index is -0.381. The molecule has 1 amide bonds. The third-order valence-corrected chi connectivity index (χ3v) is 2.21. The van der Waals surface area contributed by atoms with Crippen LogP contribution in [0.25, 0.3) is 0 Å². The first-order valence-corrected chi connectivity index (χ1v) is 4.60. The number of hydrogen-bond donors (Lipinski definition) is 0. The fraction of sp³-hybridized carbons (Fsp3) is 0.400. The van der Waals surface area contributed by atoms with Crippen molar-refractivity contribution in [2.24, 2.45) is 0 Å². The van der Waals surface area contributed by atoms with E-state index in [9.17, 15) is 9.18 Å². The first kappa shape index (κ1) is 9.12. The van der Waals surface area contributed by atoms with Crippen LogP contribution in [0.1, 0.15) is 19.8 Å². The highest BCUT2D eigenvalue weighted by Gasteiger charge is 2.32. The van der Waals surface area contributed by atoms with E-state index in [1.54, 1.807) is 4.90 Å². The van der Waals surface area contributed by atoms with E-state index in [4.69, 9.17) is 0 Å². The average molecular weight is 194 g/mol. The summed E-state index contributed by atoms with van der Waals surface area (Å²) in [5, 5.41) is 0. The molecule has 0 N–H and O–H groups in total. The monoisotopic (exact) mass is 194 g/mol. The lowest BCUT2D eigenvalue weighted by atomic mass is 10.4. The first-order valence-electron chi connectivity index (χ1n) is 4.60. The molecule has 1 saturated carbocycles. The molecule has 1 aromatic heterocycles. The van der Waals surface area contributed by atoms with Gasteiger partial charge < -0.3 is 0 Å². The van der Waals surface area contributed by atoms with Crippen LogP contribution in [0.4, 0.5) is 10.2 Å². The molecule has 1 aromatic rings. The van der Waals surface area contributed by atoms with Crippen molar-refractivity contribution in [1.29, 1.82) is 0 Å². The van der Waals surface area contributed by atoms with Crippen molar-refractivity contribution in [1.82, 2.24) is 4.98 Å². The molecule has 4 heteroatoms. The van der Waals surface area contributed by atoms with Gasteiger partial charge in [0, 0.05) is 13.0 Å². The zero-order chi connectivity index (χ0) is 10.1. The Balaban J connectivity index is 2.26. The Hall–Kier alpha value is -1.45. The van der Waals surface area contributed by atoms with E-state index in [1.807, 2.05) is 0 Å². The molecule has 1 aliphatic carbocycles. The first-order chi connectivity index (χ1) is 6.68. The molecule has 3 nitrogen and oxygen atoms in total. The number of amides is 1. The summed E-state index contributed by atoms with van der Waals surface area (Å²) >= 11 is 0. The molecule has 0 aliphatic heterocycles. The maximum Gasteiger partial charge on any atom is 0.225 e. The summed E-state index contributed by atoms with van der Waals surface area (Å²) < 4.78 is 12.6.